The summed E-state index contributed by atoms with van der Waals surface area (Å²) in [4.78, 5) is 24.1. The Hall–Kier alpha value is -2.14. The monoisotopic (exact) mass is 364 g/mol. The number of hydrogen-bond donors (Lipinski definition) is 1. The lowest BCUT2D eigenvalue weighted by atomic mass is 10.1. The summed E-state index contributed by atoms with van der Waals surface area (Å²) in [6, 6.07) is 8.85. The van der Waals surface area contributed by atoms with E-state index in [2.05, 4.69) is 0 Å². The van der Waals surface area contributed by atoms with Crippen LogP contribution in [0.2, 0.25) is 5.02 Å². The van der Waals surface area contributed by atoms with Gasteiger partial charge in [0.2, 0.25) is 0 Å². The molecule has 8 heteroatoms. The number of aliphatic carboxylic acids is 1. The lowest BCUT2D eigenvalue weighted by Crippen LogP contribution is -2.33. The third-order valence-corrected chi connectivity index (χ3v) is 4.40. The van der Waals surface area contributed by atoms with Gasteiger partial charge >= 0.3 is 5.97 Å². The van der Waals surface area contributed by atoms with Crippen molar-refractivity contribution in [1.82, 2.24) is 4.90 Å². The Morgan fingerprint density at radius 3 is 2.65 bits per heavy atom. The quantitative estimate of drug-likeness (QED) is 0.502. The Labute approximate surface area is 146 Å². The standard InChI is InChI=1S/C15H9ClN2O3S2/c16-11-3-1-9(2-4-11)5-10(7-17)6-12-14(21)18(8-13(19)20)15(22)23-12/h1-6H,8H2,(H,19,20)/b10-5-,12-6-. The molecule has 1 N–H and O–H groups in total. The Kier molecular flexibility index (Phi) is 5.55. The first-order valence-electron chi connectivity index (χ1n) is 6.25. The maximum atomic E-state index is 12.1. The number of carboxylic acids is 1. The second-order valence-corrected chi connectivity index (χ2v) is 6.54. The van der Waals surface area contributed by atoms with E-state index in [0.29, 0.717) is 5.02 Å². The molecule has 1 fully saturated rings. The Morgan fingerprint density at radius 1 is 1.43 bits per heavy atom. The summed E-state index contributed by atoms with van der Waals surface area (Å²) in [5, 5.41) is 18.6. The number of carbonyl (C=O) groups excluding carboxylic acids is 1. The average molecular weight is 365 g/mol. The van der Waals surface area contributed by atoms with Gasteiger partial charge in [0.1, 0.15) is 10.9 Å². The first-order chi connectivity index (χ1) is 10.9. The molecule has 1 amide bonds. The van der Waals surface area contributed by atoms with E-state index in [0.717, 1.165) is 22.2 Å². The first-order valence-corrected chi connectivity index (χ1v) is 7.85. The van der Waals surface area contributed by atoms with Crippen LogP contribution in [0, 0.1) is 11.3 Å². The fraction of sp³-hybridized carbons (Fsp3) is 0.0667. The number of hydrogen-bond acceptors (Lipinski definition) is 5. The highest BCUT2D eigenvalue weighted by Crippen LogP contribution is 2.31. The van der Waals surface area contributed by atoms with Crippen LogP contribution in [-0.4, -0.2) is 32.7 Å². The van der Waals surface area contributed by atoms with E-state index in [1.165, 1.54) is 6.08 Å². The van der Waals surface area contributed by atoms with Crippen LogP contribution in [0.25, 0.3) is 6.08 Å². The number of thiocarbonyl (C=S) groups is 1. The molecule has 0 spiro atoms. The van der Waals surface area contributed by atoms with Crippen LogP contribution in [-0.2, 0) is 9.59 Å². The van der Waals surface area contributed by atoms with Gasteiger partial charge in [-0.3, -0.25) is 14.5 Å². The predicted molar refractivity (Wildman–Crippen MR) is 92.7 cm³/mol. The fourth-order valence-corrected chi connectivity index (χ4v) is 3.13. The fourth-order valence-electron chi connectivity index (χ4n) is 1.76. The number of carboxylic acid groups (broad SMARTS) is 1. The van der Waals surface area contributed by atoms with Gasteiger partial charge in [-0.15, -0.1) is 0 Å². The number of nitriles is 1. The number of rotatable bonds is 4. The number of benzene rings is 1. The minimum Gasteiger partial charge on any atom is -0.480 e. The molecule has 1 aromatic rings. The van der Waals surface area contributed by atoms with E-state index < -0.39 is 18.4 Å². The van der Waals surface area contributed by atoms with Crippen molar-refractivity contribution in [3.8, 4) is 6.07 Å². The van der Waals surface area contributed by atoms with E-state index in [9.17, 15) is 14.9 Å². The number of amides is 1. The Morgan fingerprint density at radius 2 is 2.09 bits per heavy atom. The molecule has 1 heterocycles. The summed E-state index contributed by atoms with van der Waals surface area (Å²) in [6.45, 7) is -0.495. The average Bonchev–Trinajstić information content (AvgIpc) is 2.76. The highest BCUT2D eigenvalue weighted by Gasteiger charge is 2.33. The lowest BCUT2D eigenvalue weighted by molar-refractivity contribution is -0.140. The van der Waals surface area contributed by atoms with E-state index in [-0.39, 0.29) is 14.8 Å². The van der Waals surface area contributed by atoms with Crippen molar-refractivity contribution in [2.75, 3.05) is 6.54 Å². The molecule has 0 radical (unpaired) electrons. The molecule has 1 saturated heterocycles. The second kappa shape index (κ2) is 7.42. The van der Waals surface area contributed by atoms with Gasteiger partial charge in [-0.25, -0.2) is 0 Å². The highest BCUT2D eigenvalue weighted by molar-refractivity contribution is 8.26. The summed E-state index contributed by atoms with van der Waals surface area (Å²) in [6.07, 6.45) is 3.00. The van der Waals surface area contributed by atoms with Crippen molar-refractivity contribution < 1.29 is 14.7 Å². The van der Waals surface area contributed by atoms with Crippen molar-refractivity contribution in [3.05, 3.63) is 51.4 Å². The molecule has 0 saturated carbocycles. The number of allylic oxidation sites excluding steroid dienone is 2. The van der Waals surface area contributed by atoms with E-state index in [4.69, 9.17) is 28.9 Å². The molecule has 0 aromatic heterocycles. The molecule has 5 nitrogen and oxygen atoms in total. The van der Waals surface area contributed by atoms with E-state index in [1.54, 1.807) is 30.3 Å². The number of thioether (sulfide) groups is 1. The summed E-state index contributed by atoms with van der Waals surface area (Å²) >= 11 is 11.8. The van der Waals surface area contributed by atoms with E-state index in [1.807, 2.05) is 6.07 Å². The van der Waals surface area contributed by atoms with Gasteiger partial charge in [0, 0.05) is 5.02 Å². The maximum Gasteiger partial charge on any atom is 0.323 e. The smallest absolute Gasteiger partial charge is 0.323 e. The number of carbonyl (C=O) groups is 2. The van der Waals surface area contributed by atoms with Crippen LogP contribution in [0.3, 0.4) is 0 Å². The van der Waals surface area contributed by atoms with Crippen molar-refractivity contribution in [1.29, 1.82) is 5.26 Å². The van der Waals surface area contributed by atoms with E-state index >= 15 is 0 Å². The zero-order valence-corrected chi connectivity index (χ0v) is 13.9. The van der Waals surface area contributed by atoms with Crippen LogP contribution in [0.15, 0.2) is 40.8 Å². The van der Waals surface area contributed by atoms with Crippen LogP contribution >= 0.6 is 35.6 Å². The Balaban J connectivity index is 2.27. The second-order valence-electron chi connectivity index (χ2n) is 4.42. The molecule has 0 bridgehead atoms. The van der Waals surface area contributed by atoms with Gasteiger partial charge in [0.15, 0.2) is 0 Å². The molecule has 23 heavy (non-hydrogen) atoms. The largest absolute Gasteiger partial charge is 0.480 e. The summed E-state index contributed by atoms with van der Waals surface area (Å²) in [5.41, 5.74) is 1.01. The molecule has 0 aliphatic carbocycles. The van der Waals surface area contributed by atoms with Gasteiger partial charge in [-0.2, -0.15) is 5.26 Å². The highest BCUT2D eigenvalue weighted by atomic mass is 35.5. The minimum absolute atomic E-state index is 0.160. The molecule has 1 aliphatic rings. The summed E-state index contributed by atoms with van der Waals surface area (Å²) in [5.74, 6) is -1.67. The minimum atomic E-state index is -1.15. The first kappa shape index (κ1) is 17.2. The topological polar surface area (TPSA) is 81.4 Å². The maximum absolute atomic E-state index is 12.1. The summed E-state index contributed by atoms with van der Waals surface area (Å²) < 4.78 is 0.160. The zero-order valence-electron chi connectivity index (χ0n) is 11.5. The van der Waals surface area contributed by atoms with Crippen molar-refractivity contribution in [2.45, 2.75) is 0 Å². The normalized spacial score (nSPS) is 16.8. The van der Waals surface area contributed by atoms with Crippen LogP contribution < -0.4 is 0 Å². The van der Waals surface area contributed by atoms with Gasteiger partial charge in [0.25, 0.3) is 5.91 Å². The molecule has 1 aromatic carbocycles. The van der Waals surface area contributed by atoms with Crippen molar-refractivity contribution >= 4 is 57.9 Å². The van der Waals surface area contributed by atoms with Gasteiger partial charge in [-0.1, -0.05) is 47.7 Å². The molecule has 1 aliphatic heterocycles. The van der Waals surface area contributed by atoms with Crippen molar-refractivity contribution in [2.24, 2.45) is 0 Å². The lowest BCUT2D eigenvalue weighted by Gasteiger charge is -2.10. The molecule has 0 unspecified atom stereocenters. The van der Waals surface area contributed by atoms with Crippen LogP contribution in [0.1, 0.15) is 5.56 Å². The summed E-state index contributed by atoms with van der Waals surface area (Å²) in [7, 11) is 0. The SMILES string of the molecule is N#CC(=C\c1ccc(Cl)cc1)/C=C1\SC(=S)N(CC(=O)O)C1=O. The zero-order chi connectivity index (χ0) is 17.0. The third kappa shape index (κ3) is 4.42. The van der Waals surface area contributed by atoms with Gasteiger partial charge in [-0.05, 0) is 29.8 Å². The molecule has 116 valence electrons. The molecular formula is C15H9ClN2O3S2. The predicted octanol–water partition coefficient (Wildman–Crippen LogP) is 3.08. The Bertz CT molecular complexity index is 779. The number of halogens is 1. The molecule has 0 atom stereocenters. The molecule has 2 rings (SSSR count). The van der Waals surface area contributed by atoms with Crippen LogP contribution in [0.5, 0.6) is 0 Å². The van der Waals surface area contributed by atoms with Gasteiger partial charge < -0.3 is 5.11 Å². The van der Waals surface area contributed by atoms with Crippen molar-refractivity contribution in [3.63, 3.8) is 0 Å². The third-order valence-electron chi connectivity index (χ3n) is 2.77. The van der Waals surface area contributed by atoms with Crippen LogP contribution in [0.4, 0.5) is 0 Å². The van der Waals surface area contributed by atoms with Gasteiger partial charge in [0.05, 0.1) is 16.5 Å². The number of nitrogens with zero attached hydrogens (tertiary/aromatic N) is 2. The molecular weight excluding hydrogens is 356 g/mol.